The Bertz CT molecular complexity index is 672. The predicted molar refractivity (Wildman–Crippen MR) is 70.9 cm³/mol. The smallest absolute Gasteiger partial charge is 0.416 e. The highest BCUT2D eigenvalue weighted by molar-refractivity contribution is 6.33. The summed E-state index contributed by atoms with van der Waals surface area (Å²) in [6.45, 7) is 0. The average Bonchev–Trinajstić information content (AvgIpc) is 2.40. The van der Waals surface area contributed by atoms with E-state index >= 15 is 0 Å². The van der Waals surface area contributed by atoms with Crippen molar-refractivity contribution in [1.82, 2.24) is 4.98 Å². The van der Waals surface area contributed by atoms with Gasteiger partial charge in [-0.1, -0.05) is 11.6 Å². The lowest BCUT2D eigenvalue weighted by Crippen LogP contribution is -2.06. The molecule has 8 heteroatoms. The number of carboxylic acid groups (broad SMARTS) is 1. The summed E-state index contributed by atoms with van der Waals surface area (Å²) in [7, 11) is 0. The van der Waals surface area contributed by atoms with Crippen molar-refractivity contribution in [2.75, 3.05) is 5.32 Å². The molecule has 1 heterocycles. The van der Waals surface area contributed by atoms with Crippen molar-refractivity contribution in [2.24, 2.45) is 0 Å². The van der Waals surface area contributed by atoms with E-state index in [2.05, 4.69) is 10.3 Å². The highest BCUT2D eigenvalue weighted by Gasteiger charge is 2.30. The van der Waals surface area contributed by atoms with Gasteiger partial charge in [0.05, 0.1) is 28.2 Å². The van der Waals surface area contributed by atoms with Gasteiger partial charge >= 0.3 is 12.1 Å². The second-order valence-electron chi connectivity index (χ2n) is 4.05. The molecule has 0 unspecified atom stereocenters. The number of alkyl halides is 3. The Kier molecular flexibility index (Phi) is 4.04. The van der Waals surface area contributed by atoms with Crippen LogP contribution in [0.25, 0.3) is 0 Å². The summed E-state index contributed by atoms with van der Waals surface area (Å²) >= 11 is 5.83. The summed E-state index contributed by atoms with van der Waals surface area (Å²) < 4.78 is 37.9. The molecule has 110 valence electrons. The molecule has 2 rings (SSSR count). The molecular weight excluding hydrogens is 309 g/mol. The number of rotatable bonds is 3. The van der Waals surface area contributed by atoms with Gasteiger partial charge in [0, 0.05) is 0 Å². The molecule has 1 aromatic heterocycles. The molecule has 0 aliphatic rings. The number of aromatic carboxylic acids is 1. The van der Waals surface area contributed by atoms with Crippen molar-refractivity contribution in [1.29, 1.82) is 0 Å². The lowest BCUT2D eigenvalue weighted by molar-refractivity contribution is -0.137. The zero-order chi connectivity index (χ0) is 15.6. The van der Waals surface area contributed by atoms with E-state index in [-0.39, 0.29) is 16.4 Å². The molecule has 0 spiro atoms. The number of nitrogens with zero attached hydrogens (tertiary/aromatic N) is 1. The molecule has 0 amide bonds. The van der Waals surface area contributed by atoms with Crippen molar-refractivity contribution < 1.29 is 23.1 Å². The van der Waals surface area contributed by atoms with E-state index in [1.165, 1.54) is 18.3 Å². The van der Waals surface area contributed by atoms with Gasteiger partial charge in [0.2, 0.25) is 0 Å². The Morgan fingerprint density at radius 1 is 1.24 bits per heavy atom. The minimum absolute atomic E-state index is 0.0522. The molecule has 0 saturated heterocycles. The Balaban J connectivity index is 2.28. The summed E-state index contributed by atoms with van der Waals surface area (Å²) in [4.78, 5) is 14.3. The summed E-state index contributed by atoms with van der Waals surface area (Å²) in [5.41, 5.74) is -0.641. The lowest BCUT2D eigenvalue weighted by atomic mass is 10.2. The van der Waals surface area contributed by atoms with Crippen LogP contribution < -0.4 is 5.32 Å². The van der Waals surface area contributed by atoms with E-state index in [0.717, 1.165) is 18.2 Å². The van der Waals surface area contributed by atoms with Crippen molar-refractivity contribution >= 4 is 28.9 Å². The van der Waals surface area contributed by atoms with E-state index in [4.69, 9.17) is 16.7 Å². The van der Waals surface area contributed by atoms with E-state index in [9.17, 15) is 18.0 Å². The molecule has 0 fully saturated rings. The van der Waals surface area contributed by atoms with Crippen LogP contribution in [0.4, 0.5) is 24.5 Å². The van der Waals surface area contributed by atoms with Gasteiger partial charge in [-0.25, -0.2) is 9.78 Å². The first-order chi connectivity index (χ1) is 9.77. The van der Waals surface area contributed by atoms with Crippen LogP contribution in [0.3, 0.4) is 0 Å². The summed E-state index contributed by atoms with van der Waals surface area (Å²) in [5.74, 6) is -1.20. The molecule has 2 aromatic rings. The number of carboxylic acids is 1. The van der Waals surface area contributed by atoms with Crippen LogP contribution in [0.2, 0.25) is 5.02 Å². The number of halogens is 4. The topological polar surface area (TPSA) is 62.2 Å². The normalized spacial score (nSPS) is 11.2. The van der Waals surface area contributed by atoms with Gasteiger partial charge in [-0.15, -0.1) is 0 Å². The number of aromatic nitrogens is 1. The van der Waals surface area contributed by atoms with Crippen molar-refractivity contribution in [3.8, 4) is 0 Å². The highest BCUT2D eigenvalue weighted by atomic mass is 35.5. The number of hydrogen-bond donors (Lipinski definition) is 2. The van der Waals surface area contributed by atoms with Gasteiger partial charge < -0.3 is 10.4 Å². The fourth-order valence-corrected chi connectivity index (χ4v) is 1.71. The molecule has 21 heavy (non-hydrogen) atoms. The van der Waals surface area contributed by atoms with Gasteiger partial charge in [-0.3, -0.25) is 0 Å². The zero-order valence-corrected chi connectivity index (χ0v) is 11.0. The van der Waals surface area contributed by atoms with Crippen LogP contribution in [-0.4, -0.2) is 16.1 Å². The molecule has 0 atom stereocenters. The van der Waals surface area contributed by atoms with E-state index in [1.54, 1.807) is 0 Å². The first-order valence-corrected chi connectivity index (χ1v) is 5.98. The number of hydrogen-bond acceptors (Lipinski definition) is 3. The van der Waals surface area contributed by atoms with Crippen LogP contribution in [0, 0.1) is 0 Å². The summed E-state index contributed by atoms with van der Waals surface area (Å²) in [6, 6.07) is 5.48. The van der Waals surface area contributed by atoms with Crippen molar-refractivity contribution in [2.45, 2.75) is 6.18 Å². The van der Waals surface area contributed by atoms with Crippen molar-refractivity contribution in [3.63, 3.8) is 0 Å². The van der Waals surface area contributed by atoms with Crippen LogP contribution in [0.5, 0.6) is 0 Å². The highest BCUT2D eigenvalue weighted by Crippen LogP contribution is 2.34. The molecule has 0 aliphatic carbocycles. The zero-order valence-electron chi connectivity index (χ0n) is 10.3. The standard InChI is InChI=1S/C13H8ClF3N2O2/c14-9-3-1-7(13(15,16)17)5-11(9)19-8-2-4-10(12(20)21)18-6-8/h1-6,19H,(H,20,21). The lowest BCUT2D eigenvalue weighted by Gasteiger charge is -2.12. The van der Waals surface area contributed by atoms with Crippen LogP contribution in [0.15, 0.2) is 36.5 Å². The molecule has 2 N–H and O–H groups in total. The van der Waals surface area contributed by atoms with Gasteiger partial charge in [0.25, 0.3) is 0 Å². The van der Waals surface area contributed by atoms with Gasteiger partial charge in [-0.05, 0) is 30.3 Å². The molecule has 0 radical (unpaired) electrons. The summed E-state index contributed by atoms with van der Waals surface area (Å²) in [6.07, 6.45) is -3.29. The number of benzene rings is 1. The maximum Gasteiger partial charge on any atom is 0.416 e. The predicted octanol–water partition coefficient (Wildman–Crippen LogP) is 4.20. The molecule has 4 nitrogen and oxygen atoms in total. The maximum atomic E-state index is 12.6. The Labute approximate surface area is 122 Å². The largest absolute Gasteiger partial charge is 0.477 e. The fraction of sp³-hybridized carbons (Fsp3) is 0.0769. The van der Waals surface area contributed by atoms with Crippen molar-refractivity contribution in [3.05, 3.63) is 52.8 Å². The Morgan fingerprint density at radius 3 is 2.48 bits per heavy atom. The van der Waals surface area contributed by atoms with E-state index in [1.807, 2.05) is 0 Å². The Hall–Kier alpha value is -2.28. The third-order valence-corrected chi connectivity index (χ3v) is 2.88. The quantitative estimate of drug-likeness (QED) is 0.891. The third-order valence-electron chi connectivity index (χ3n) is 2.56. The van der Waals surface area contributed by atoms with E-state index < -0.39 is 17.7 Å². The second kappa shape index (κ2) is 5.61. The SMILES string of the molecule is O=C(O)c1ccc(Nc2cc(C(F)(F)F)ccc2Cl)cn1. The van der Waals surface area contributed by atoms with Crippen LogP contribution in [-0.2, 0) is 6.18 Å². The minimum atomic E-state index is -4.48. The third kappa shape index (κ3) is 3.63. The number of nitrogens with one attached hydrogen (secondary N) is 1. The number of carbonyl (C=O) groups is 1. The second-order valence-corrected chi connectivity index (χ2v) is 4.46. The average molecular weight is 317 g/mol. The fourth-order valence-electron chi connectivity index (χ4n) is 1.55. The molecule has 1 aromatic carbocycles. The van der Waals surface area contributed by atoms with Gasteiger partial charge in [-0.2, -0.15) is 13.2 Å². The molecule has 0 saturated carbocycles. The number of pyridine rings is 1. The van der Waals surface area contributed by atoms with Gasteiger partial charge in [0.15, 0.2) is 0 Å². The first-order valence-electron chi connectivity index (χ1n) is 5.60. The van der Waals surface area contributed by atoms with Gasteiger partial charge in [0.1, 0.15) is 5.69 Å². The molecule has 0 aliphatic heterocycles. The number of anilines is 2. The summed E-state index contributed by atoms with van der Waals surface area (Å²) in [5, 5.41) is 11.5. The maximum absolute atomic E-state index is 12.6. The Morgan fingerprint density at radius 2 is 1.95 bits per heavy atom. The molecule has 0 bridgehead atoms. The van der Waals surface area contributed by atoms with Crippen LogP contribution in [0.1, 0.15) is 16.1 Å². The first kappa shape index (κ1) is 15.1. The minimum Gasteiger partial charge on any atom is -0.477 e. The van der Waals surface area contributed by atoms with E-state index in [0.29, 0.717) is 5.69 Å². The molecular formula is C13H8ClF3N2O2. The monoisotopic (exact) mass is 316 g/mol. The van der Waals surface area contributed by atoms with Crippen LogP contribution >= 0.6 is 11.6 Å².